The highest BCUT2D eigenvalue weighted by Crippen LogP contribution is 2.25. The van der Waals surface area contributed by atoms with E-state index in [1.165, 1.54) is 0 Å². The van der Waals surface area contributed by atoms with Crippen molar-refractivity contribution in [2.45, 2.75) is 31.8 Å². The molecule has 0 unspecified atom stereocenters. The molecule has 3 rings (SSSR count). The number of anilines is 1. The minimum atomic E-state index is -0.338. The van der Waals surface area contributed by atoms with Crippen LogP contribution in [0.15, 0.2) is 18.2 Å². The summed E-state index contributed by atoms with van der Waals surface area (Å²) in [5.41, 5.74) is 9.02. The number of rotatable bonds is 1. The Morgan fingerprint density at radius 1 is 1.37 bits per heavy atom. The molecule has 1 aromatic carbocycles. The first kappa shape index (κ1) is 12.0. The van der Waals surface area contributed by atoms with Gasteiger partial charge in [0.2, 0.25) is 11.8 Å². The predicted molar refractivity (Wildman–Crippen MR) is 71.1 cm³/mol. The Morgan fingerprint density at radius 3 is 2.95 bits per heavy atom. The molecule has 1 aromatic rings. The fourth-order valence-electron chi connectivity index (χ4n) is 2.85. The standard InChI is InChI=1S/C14H17N3O2/c15-11-3-1-2-9-8-17(7-6-10(9)11)14(19)12-4-5-13(18)16-12/h1-3,12H,4-8,15H2,(H,16,18)/t12-/m0/s1. The van der Waals surface area contributed by atoms with Gasteiger partial charge in [-0.2, -0.15) is 0 Å². The molecular weight excluding hydrogens is 242 g/mol. The lowest BCUT2D eigenvalue weighted by Crippen LogP contribution is -2.46. The van der Waals surface area contributed by atoms with Crippen molar-refractivity contribution < 1.29 is 9.59 Å². The number of nitrogens with zero attached hydrogens (tertiary/aromatic N) is 1. The van der Waals surface area contributed by atoms with Crippen LogP contribution in [0.2, 0.25) is 0 Å². The SMILES string of the molecule is Nc1cccc2c1CCN(C(=O)[C@@H]1CCC(=O)N1)C2. The summed E-state index contributed by atoms with van der Waals surface area (Å²) in [5, 5.41) is 2.73. The average molecular weight is 259 g/mol. The molecule has 0 aromatic heterocycles. The van der Waals surface area contributed by atoms with Crippen molar-refractivity contribution in [2.75, 3.05) is 12.3 Å². The van der Waals surface area contributed by atoms with Crippen molar-refractivity contribution in [1.82, 2.24) is 10.2 Å². The first-order valence-corrected chi connectivity index (χ1v) is 6.59. The molecule has 5 nitrogen and oxygen atoms in total. The summed E-state index contributed by atoms with van der Waals surface area (Å²) < 4.78 is 0. The molecule has 0 aliphatic carbocycles. The highest BCUT2D eigenvalue weighted by atomic mass is 16.2. The molecule has 1 saturated heterocycles. The van der Waals surface area contributed by atoms with E-state index in [4.69, 9.17) is 5.73 Å². The topological polar surface area (TPSA) is 75.4 Å². The Bertz CT molecular complexity index is 541. The zero-order chi connectivity index (χ0) is 13.4. The number of carbonyl (C=O) groups is 2. The number of benzene rings is 1. The number of nitrogens with one attached hydrogen (secondary N) is 1. The van der Waals surface area contributed by atoms with Crippen LogP contribution in [0, 0.1) is 0 Å². The molecule has 0 spiro atoms. The molecule has 19 heavy (non-hydrogen) atoms. The van der Waals surface area contributed by atoms with Crippen molar-refractivity contribution in [3.8, 4) is 0 Å². The average Bonchev–Trinajstić information content (AvgIpc) is 2.84. The van der Waals surface area contributed by atoms with E-state index in [0.29, 0.717) is 25.9 Å². The largest absolute Gasteiger partial charge is 0.398 e. The van der Waals surface area contributed by atoms with Crippen molar-refractivity contribution in [1.29, 1.82) is 0 Å². The summed E-state index contributed by atoms with van der Waals surface area (Å²) in [6, 6.07) is 5.49. The van der Waals surface area contributed by atoms with Crippen molar-refractivity contribution in [3.05, 3.63) is 29.3 Å². The van der Waals surface area contributed by atoms with Gasteiger partial charge in [-0.15, -0.1) is 0 Å². The van der Waals surface area contributed by atoms with Gasteiger partial charge in [-0.05, 0) is 30.0 Å². The summed E-state index contributed by atoms with van der Waals surface area (Å²) >= 11 is 0. The summed E-state index contributed by atoms with van der Waals surface area (Å²) in [6.45, 7) is 1.26. The predicted octanol–water partition coefficient (Wildman–Crippen LogP) is 0.432. The van der Waals surface area contributed by atoms with E-state index in [1.807, 2.05) is 23.1 Å². The van der Waals surface area contributed by atoms with Crippen LogP contribution in [0.3, 0.4) is 0 Å². The summed E-state index contributed by atoms with van der Waals surface area (Å²) in [6.07, 6.45) is 1.85. The number of fused-ring (bicyclic) bond motifs is 1. The summed E-state index contributed by atoms with van der Waals surface area (Å²) in [4.78, 5) is 25.3. The van der Waals surface area contributed by atoms with Gasteiger partial charge < -0.3 is 16.0 Å². The fourth-order valence-corrected chi connectivity index (χ4v) is 2.85. The van der Waals surface area contributed by atoms with Gasteiger partial charge in [0, 0.05) is 25.2 Å². The van der Waals surface area contributed by atoms with Gasteiger partial charge in [0.25, 0.3) is 0 Å². The monoisotopic (exact) mass is 259 g/mol. The van der Waals surface area contributed by atoms with Gasteiger partial charge in [0.1, 0.15) is 6.04 Å². The maximum atomic E-state index is 12.3. The van der Waals surface area contributed by atoms with Crippen LogP contribution in [0.25, 0.3) is 0 Å². The molecule has 2 amide bonds. The third-order valence-electron chi connectivity index (χ3n) is 3.91. The maximum absolute atomic E-state index is 12.3. The van der Waals surface area contributed by atoms with Crippen LogP contribution in [-0.4, -0.2) is 29.3 Å². The van der Waals surface area contributed by atoms with Crippen LogP contribution in [-0.2, 0) is 22.6 Å². The highest BCUT2D eigenvalue weighted by molar-refractivity contribution is 5.91. The van der Waals surface area contributed by atoms with Crippen molar-refractivity contribution in [2.24, 2.45) is 0 Å². The second-order valence-corrected chi connectivity index (χ2v) is 5.15. The maximum Gasteiger partial charge on any atom is 0.245 e. The number of nitrogens with two attached hydrogens (primary N) is 1. The number of hydrogen-bond acceptors (Lipinski definition) is 3. The Labute approximate surface area is 111 Å². The van der Waals surface area contributed by atoms with Gasteiger partial charge >= 0.3 is 0 Å². The fraction of sp³-hybridized carbons (Fsp3) is 0.429. The van der Waals surface area contributed by atoms with E-state index in [-0.39, 0.29) is 17.9 Å². The molecule has 1 atom stereocenters. The summed E-state index contributed by atoms with van der Waals surface area (Å²) in [5.74, 6) is -0.000992. The molecule has 100 valence electrons. The highest BCUT2D eigenvalue weighted by Gasteiger charge is 2.32. The first-order valence-electron chi connectivity index (χ1n) is 6.59. The molecule has 2 aliphatic heterocycles. The normalized spacial score (nSPS) is 22.0. The second-order valence-electron chi connectivity index (χ2n) is 5.15. The van der Waals surface area contributed by atoms with E-state index < -0.39 is 0 Å². The second kappa shape index (κ2) is 4.57. The smallest absolute Gasteiger partial charge is 0.245 e. The van der Waals surface area contributed by atoms with E-state index in [1.54, 1.807) is 0 Å². The molecule has 0 radical (unpaired) electrons. The molecule has 2 heterocycles. The molecule has 1 fully saturated rings. The lowest BCUT2D eigenvalue weighted by atomic mass is 9.97. The lowest BCUT2D eigenvalue weighted by Gasteiger charge is -2.31. The van der Waals surface area contributed by atoms with Crippen LogP contribution in [0.1, 0.15) is 24.0 Å². The molecule has 2 aliphatic rings. The van der Waals surface area contributed by atoms with Gasteiger partial charge in [0.15, 0.2) is 0 Å². The van der Waals surface area contributed by atoms with E-state index in [0.717, 1.165) is 23.2 Å². The Morgan fingerprint density at radius 2 is 2.21 bits per heavy atom. The van der Waals surface area contributed by atoms with E-state index >= 15 is 0 Å². The number of hydrogen-bond donors (Lipinski definition) is 2. The van der Waals surface area contributed by atoms with Crippen LogP contribution >= 0.6 is 0 Å². The first-order chi connectivity index (χ1) is 9.15. The Hall–Kier alpha value is -2.04. The third-order valence-corrected chi connectivity index (χ3v) is 3.91. The minimum Gasteiger partial charge on any atom is -0.398 e. The van der Waals surface area contributed by atoms with Crippen LogP contribution < -0.4 is 11.1 Å². The molecule has 3 N–H and O–H groups in total. The van der Waals surface area contributed by atoms with Crippen LogP contribution in [0.5, 0.6) is 0 Å². The molecular formula is C14H17N3O2. The quantitative estimate of drug-likeness (QED) is 0.718. The van der Waals surface area contributed by atoms with Gasteiger partial charge in [-0.1, -0.05) is 12.1 Å². The van der Waals surface area contributed by atoms with Crippen molar-refractivity contribution >= 4 is 17.5 Å². The number of carbonyl (C=O) groups excluding carboxylic acids is 2. The summed E-state index contributed by atoms with van der Waals surface area (Å²) in [7, 11) is 0. The number of nitrogen functional groups attached to an aromatic ring is 1. The zero-order valence-electron chi connectivity index (χ0n) is 10.7. The molecule has 0 bridgehead atoms. The Kier molecular flexibility index (Phi) is 2.89. The van der Waals surface area contributed by atoms with E-state index in [9.17, 15) is 9.59 Å². The van der Waals surface area contributed by atoms with Crippen molar-refractivity contribution in [3.63, 3.8) is 0 Å². The van der Waals surface area contributed by atoms with Gasteiger partial charge in [-0.3, -0.25) is 9.59 Å². The minimum absolute atomic E-state index is 0.0268. The molecule has 5 heteroatoms. The number of amides is 2. The van der Waals surface area contributed by atoms with Gasteiger partial charge in [0.05, 0.1) is 0 Å². The zero-order valence-corrected chi connectivity index (χ0v) is 10.7. The Balaban J connectivity index is 1.75. The third kappa shape index (κ3) is 2.16. The van der Waals surface area contributed by atoms with Crippen LogP contribution in [0.4, 0.5) is 5.69 Å². The molecule has 0 saturated carbocycles. The lowest BCUT2D eigenvalue weighted by molar-refractivity contribution is -0.135. The van der Waals surface area contributed by atoms with Gasteiger partial charge in [-0.25, -0.2) is 0 Å². The van der Waals surface area contributed by atoms with E-state index in [2.05, 4.69) is 5.32 Å².